The first-order valence-electron chi connectivity index (χ1n) is 6.60. The quantitative estimate of drug-likeness (QED) is 0.809. The molecule has 108 valence electrons. The van der Waals surface area contributed by atoms with Crippen LogP contribution in [0.5, 0.6) is 11.5 Å². The van der Waals surface area contributed by atoms with Crippen molar-refractivity contribution < 1.29 is 13.9 Å². The lowest BCUT2D eigenvalue weighted by atomic mass is 10.2. The topological polar surface area (TPSA) is 43.6 Å². The third kappa shape index (κ3) is 3.70. The Hall–Kier alpha value is -1.62. The van der Waals surface area contributed by atoms with E-state index in [0.29, 0.717) is 19.8 Å². The van der Waals surface area contributed by atoms with Crippen LogP contribution in [0.3, 0.4) is 0 Å². The van der Waals surface area contributed by atoms with Gasteiger partial charge in [-0.15, -0.1) is 0 Å². The molecule has 0 bridgehead atoms. The Morgan fingerprint density at radius 1 is 1.15 bits per heavy atom. The molecule has 0 saturated heterocycles. The number of hydrogen-bond acceptors (Lipinski definition) is 4. The molecule has 5 heteroatoms. The average molecular weight is 340 g/mol. The lowest BCUT2D eigenvalue weighted by Crippen LogP contribution is -2.03. The number of hydrogen-bond donors (Lipinski definition) is 1. The highest BCUT2D eigenvalue weighted by molar-refractivity contribution is 9.10. The molecular formula is C15H18BrNO3. The van der Waals surface area contributed by atoms with Crippen LogP contribution >= 0.6 is 15.9 Å². The molecule has 0 unspecified atom stereocenters. The van der Waals surface area contributed by atoms with E-state index in [2.05, 4.69) is 21.2 Å². The van der Waals surface area contributed by atoms with Gasteiger partial charge in [0, 0.05) is 6.07 Å². The van der Waals surface area contributed by atoms with E-state index in [1.807, 2.05) is 38.1 Å². The van der Waals surface area contributed by atoms with E-state index in [4.69, 9.17) is 13.9 Å². The molecule has 0 fully saturated rings. The maximum atomic E-state index is 5.61. The summed E-state index contributed by atoms with van der Waals surface area (Å²) in [5.74, 6) is 2.46. The van der Waals surface area contributed by atoms with Gasteiger partial charge in [-0.2, -0.15) is 0 Å². The zero-order valence-electron chi connectivity index (χ0n) is 11.6. The van der Waals surface area contributed by atoms with Gasteiger partial charge in [-0.25, -0.2) is 0 Å². The third-order valence-electron chi connectivity index (χ3n) is 2.69. The molecule has 4 nitrogen and oxygen atoms in total. The maximum Gasteiger partial charge on any atom is 0.142 e. The van der Waals surface area contributed by atoms with E-state index < -0.39 is 0 Å². The SMILES string of the molecule is CCOc1ccc(OCC)c(NCc2occc2Br)c1. The summed E-state index contributed by atoms with van der Waals surface area (Å²) in [6.45, 7) is 5.75. The Kier molecular flexibility index (Phi) is 5.35. The number of anilines is 1. The average Bonchev–Trinajstić information content (AvgIpc) is 2.85. The van der Waals surface area contributed by atoms with E-state index in [1.165, 1.54) is 0 Å². The molecule has 20 heavy (non-hydrogen) atoms. The smallest absolute Gasteiger partial charge is 0.142 e. The van der Waals surface area contributed by atoms with Crippen molar-refractivity contribution >= 4 is 21.6 Å². The normalized spacial score (nSPS) is 10.3. The largest absolute Gasteiger partial charge is 0.494 e. The Morgan fingerprint density at radius 3 is 2.60 bits per heavy atom. The van der Waals surface area contributed by atoms with Gasteiger partial charge in [0.25, 0.3) is 0 Å². The van der Waals surface area contributed by atoms with Gasteiger partial charge in [0.05, 0.1) is 36.2 Å². The van der Waals surface area contributed by atoms with Crippen LogP contribution in [-0.4, -0.2) is 13.2 Å². The number of nitrogens with one attached hydrogen (secondary N) is 1. The van der Waals surface area contributed by atoms with Crippen LogP contribution < -0.4 is 14.8 Å². The molecule has 0 aliphatic heterocycles. The molecule has 0 saturated carbocycles. The highest BCUT2D eigenvalue weighted by Gasteiger charge is 2.08. The summed E-state index contributed by atoms with van der Waals surface area (Å²) >= 11 is 3.44. The van der Waals surface area contributed by atoms with Crippen LogP contribution in [0, 0.1) is 0 Å². The molecule has 0 atom stereocenters. The standard InChI is InChI=1S/C15H18BrNO3/c1-3-18-11-5-6-14(19-4-2)13(9-11)17-10-15-12(16)7-8-20-15/h5-9,17H,3-4,10H2,1-2H3. The zero-order valence-corrected chi connectivity index (χ0v) is 13.2. The summed E-state index contributed by atoms with van der Waals surface area (Å²) in [4.78, 5) is 0. The van der Waals surface area contributed by atoms with Crippen LogP contribution in [0.2, 0.25) is 0 Å². The zero-order chi connectivity index (χ0) is 14.4. The summed E-state index contributed by atoms with van der Waals surface area (Å²) in [5, 5.41) is 3.31. The molecule has 1 N–H and O–H groups in total. The monoisotopic (exact) mass is 339 g/mol. The number of rotatable bonds is 7. The summed E-state index contributed by atoms with van der Waals surface area (Å²) in [6.07, 6.45) is 1.65. The fourth-order valence-corrected chi connectivity index (χ4v) is 2.15. The molecule has 1 aromatic heterocycles. The van der Waals surface area contributed by atoms with Crippen LogP contribution in [0.1, 0.15) is 19.6 Å². The molecule has 0 amide bonds. The van der Waals surface area contributed by atoms with Gasteiger partial charge in [-0.05, 0) is 48.0 Å². The molecule has 0 radical (unpaired) electrons. The Labute approximate surface area is 127 Å². The number of ether oxygens (including phenoxy) is 2. The van der Waals surface area contributed by atoms with Gasteiger partial charge < -0.3 is 19.2 Å². The highest BCUT2D eigenvalue weighted by Crippen LogP contribution is 2.30. The van der Waals surface area contributed by atoms with Crippen molar-refractivity contribution in [3.05, 3.63) is 40.8 Å². The Morgan fingerprint density at radius 2 is 1.95 bits per heavy atom. The van der Waals surface area contributed by atoms with Crippen molar-refractivity contribution in [1.82, 2.24) is 0 Å². The maximum absolute atomic E-state index is 5.61. The van der Waals surface area contributed by atoms with Crippen LogP contribution in [0.25, 0.3) is 0 Å². The lowest BCUT2D eigenvalue weighted by molar-refractivity contribution is 0.331. The minimum Gasteiger partial charge on any atom is -0.494 e. The van der Waals surface area contributed by atoms with Crippen LogP contribution in [0.4, 0.5) is 5.69 Å². The number of furan rings is 1. The van der Waals surface area contributed by atoms with Gasteiger partial charge in [-0.1, -0.05) is 0 Å². The summed E-state index contributed by atoms with van der Waals surface area (Å²) in [5.41, 5.74) is 0.890. The Bertz CT molecular complexity index is 554. The van der Waals surface area contributed by atoms with Gasteiger partial charge in [-0.3, -0.25) is 0 Å². The molecule has 2 aromatic rings. The van der Waals surface area contributed by atoms with Gasteiger partial charge in [0.1, 0.15) is 17.3 Å². The van der Waals surface area contributed by atoms with Crippen molar-refractivity contribution in [2.24, 2.45) is 0 Å². The van der Waals surface area contributed by atoms with Crippen molar-refractivity contribution in [3.8, 4) is 11.5 Å². The predicted molar refractivity (Wildman–Crippen MR) is 82.5 cm³/mol. The minimum atomic E-state index is 0.573. The van der Waals surface area contributed by atoms with Crippen LogP contribution in [-0.2, 0) is 6.54 Å². The van der Waals surface area contributed by atoms with Gasteiger partial charge in [0.15, 0.2) is 0 Å². The molecule has 1 heterocycles. The molecule has 0 aliphatic carbocycles. The van der Waals surface area contributed by atoms with E-state index in [-0.39, 0.29) is 0 Å². The van der Waals surface area contributed by atoms with E-state index in [9.17, 15) is 0 Å². The second-order valence-corrected chi connectivity index (χ2v) is 4.92. The summed E-state index contributed by atoms with van der Waals surface area (Å²) in [7, 11) is 0. The molecule has 0 aliphatic rings. The van der Waals surface area contributed by atoms with Crippen LogP contribution in [0.15, 0.2) is 39.4 Å². The van der Waals surface area contributed by atoms with E-state index >= 15 is 0 Å². The van der Waals surface area contributed by atoms with E-state index in [0.717, 1.165) is 27.4 Å². The Balaban J connectivity index is 2.14. The summed E-state index contributed by atoms with van der Waals surface area (Å²) in [6, 6.07) is 7.62. The summed E-state index contributed by atoms with van der Waals surface area (Å²) < 4.78 is 17.5. The molecular weight excluding hydrogens is 322 g/mol. The fourth-order valence-electron chi connectivity index (χ4n) is 1.81. The first-order chi connectivity index (χ1) is 9.74. The molecule has 1 aromatic carbocycles. The number of benzene rings is 1. The van der Waals surface area contributed by atoms with Crippen molar-refractivity contribution in [2.45, 2.75) is 20.4 Å². The highest BCUT2D eigenvalue weighted by atomic mass is 79.9. The third-order valence-corrected chi connectivity index (χ3v) is 3.40. The second kappa shape index (κ2) is 7.24. The fraction of sp³-hybridized carbons (Fsp3) is 0.333. The second-order valence-electron chi connectivity index (χ2n) is 4.07. The first-order valence-corrected chi connectivity index (χ1v) is 7.39. The van der Waals surface area contributed by atoms with Crippen molar-refractivity contribution in [1.29, 1.82) is 0 Å². The predicted octanol–water partition coefficient (Wildman–Crippen LogP) is 4.45. The molecule has 2 rings (SSSR count). The first kappa shape index (κ1) is 14.8. The van der Waals surface area contributed by atoms with Crippen molar-refractivity contribution in [2.75, 3.05) is 18.5 Å². The van der Waals surface area contributed by atoms with E-state index in [1.54, 1.807) is 6.26 Å². The lowest BCUT2D eigenvalue weighted by Gasteiger charge is -2.13. The molecule has 0 spiro atoms. The van der Waals surface area contributed by atoms with Crippen molar-refractivity contribution in [3.63, 3.8) is 0 Å². The van der Waals surface area contributed by atoms with Gasteiger partial charge in [0.2, 0.25) is 0 Å². The number of halogens is 1. The van der Waals surface area contributed by atoms with Gasteiger partial charge >= 0.3 is 0 Å². The minimum absolute atomic E-state index is 0.573.